The van der Waals surface area contributed by atoms with Crippen molar-refractivity contribution < 1.29 is 0 Å². The van der Waals surface area contributed by atoms with Crippen LogP contribution in [0.1, 0.15) is 66.2 Å². The van der Waals surface area contributed by atoms with E-state index in [2.05, 4.69) is 32.6 Å². The first-order chi connectivity index (χ1) is 8.63. The monoisotopic (exact) mass is 254 g/mol. The maximum absolute atomic E-state index is 6.13. The van der Waals surface area contributed by atoms with Crippen LogP contribution in [0.2, 0.25) is 0 Å². The molecular weight excluding hydrogens is 220 g/mol. The largest absolute Gasteiger partial charge is 0.329 e. The summed E-state index contributed by atoms with van der Waals surface area (Å²) >= 11 is 0. The molecule has 0 aromatic carbocycles. The summed E-state index contributed by atoms with van der Waals surface area (Å²) in [7, 11) is 0. The van der Waals surface area contributed by atoms with Crippen LogP contribution in [-0.4, -0.2) is 30.1 Å². The first-order valence-corrected chi connectivity index (χ1v) is 8.09. The van der Waals surface area contributed by atoms with Crippen molar-refractivity contribution in [3.63, 3.8) is 0 Å². The molecule has 18 heavy (non-hydrogen) atoms. The Kier molecular flexibility index (Phi) is 7.25. The van der Waals surface area contributed by atoms with Crippen LogP contribution >= 0.6 is 0 Å². The lowest BCUT2D eigenvalue weighted by Gasteiger charge is -2.41. The standard InChI is InChI=1S/C16H34N2/c1-5-14(6-2)16(11-17)18(12-13(3)4)15-9-7-8-10-15/h13-16H,5-12,17H2,1-4H3. The lowest BCUT2D eigenvalue weighted by molar-refractivity contribution is 0.0799. The maximum Gasteiger partial charge on any atom is 0.0249 e. The van der Waals surface area contributed by atoms with Crippen molar-refractivity contribution in [1.29, 1.82) is 0 Å². The van der Waals surface area contributed by atoms with Gasteiger partial charge in [0, 0.05) is 25.2 Å². The zero-order valence-electron chi connectivity index (χ0n) is 13.0. The Balaban J connectivity index is 2.76. The summed E-state index contributed by atoms with van der Waals surface area (Å²) in [4.78, 5) is 2.77. The van der Waals surface area contributed by atoms with Gasteiger partial charge in [-0.15, -0.1) is 0 Å². The summed E-state index contributed by atoms with van der Waals surface area (Å²) in [5.74, 6) is 1.52. The highest BCUT2D eigenvalue weighted by molar-refractivity contribution is 4.87. The SMILES string of the molecule is CCC(CC)C(CN)N(CC(C)C)C1CCCC1. The zero-order valence-corrected chi connectivity index (χ0v) is 13.0. The molecule has 2 heteroatoms. The molecule has 1 atom stereocenters. The molecule has 0 bridgehead atoms. The molecule has 0 saturated heterocycles. The molecule has 0 amide bonds. The molecule has 0 aromatic rings. The number of nitrogens with zero attached hydrogens (tertiary/aromatic N) is 1. The first-order valence-electron chi connectivity index (χ1n) is 8.09. The molecule has 1 rings (SSSR count). The van der Waals surface area contributed by atoms with E-state index in [0.29, 0.717) is 6.04 Å². The van der Waals surface area contributed by atoms with E-state index in [1.54, 1.807) is 0 Å². The summed E-state index contributed by atoms with van der Waals surface area (Å²) < 4.78 is 0. The van der Waals surface area contributed by atoms with E-state index in [4.69, 9.17) is 5.73 Å². The van der Waals surface area contributed by atoms with Gasteiger partial charge in [0.15, 0.2) is 0 Å². The van der Waals surface area contributed by atoms with E-state index in [-0.39, 0.29) is 0 Å². The van der Waals surface area contributed by atoms with Crippen molar-refractivity contribution in [2.45, 2.75) is 78.3 Å². The Morgan fingerprint density at radius 3 is 2.06 bits per heavy atom. The van der Waals surface area contributed by atoms with Crippen LogP contribution in [0.4, 0.5) is 0 Å². The van der Waals surface area contributed by atoms with Crippen molar-refractivity contribution in [1.82, 2.24) is 4.90 Å². The van der Waals surface area contributed by atoms with Crippen molar-refractivity contribution in [3.8, 4) is 0 Å². The lowest BCUT2D eigenvalue weighted by Crippen LogP contribution is -2.51. The van der Waals surface area contributed by atoms with E-state index in [0.717, 1.165) is 24.4 Å². The van der Waals surface area contributed by atoms with Crippen LogP contribution in [0.5, 0.6) is 0 Å². The van der Waals surface area contributed by atoms with Gasteiger partial charge in [0.1, 0.15) is 0 Å². The van der Waals surface area contributed by atoms with Crippen LogP contribution in [0.3, 0.4) is 0 Å². The van der Waals surface area contributed by atoms with Gasteiger partial charge in [0.2, 0.25) is 0 Å². The highest BCUT2D eigenvalue weighted by Crippen LogP contribution is 2.29. The van der Waals surface area contributed by atoms with Gasteiger partial charge in [-0.25, -0.2) is 0 Å². The van der Waals surface area contributed by atoms with Crippen LogP contribution in [-0.2, 0) is 0 Å². The fourth-order valence-electron chi connectivity index (χ4n) is 3.64. The van der Waals surface area contributed by atoms with Gasteiger partial charge in [0.05, 0.1) is 0 Å². The molecule has 0 aliphatic heterocycles. The van der Waals surface area contributed by atoms with Crippen LogP contribution in [0.25, 0.3) is 0 Å². The van der Waals surface area contributed by atoms with Crippen molar-refractivity contribution in [2.75, 3.05) is 13.1 Å². The summed E-state index contributed by atoms with van der Waals surface area (Å²) in [6.45, 7) is 11.4. The van der Waals surface area contributed by atoms with E-state index >= 15 is 0 Å². The van der Waals surface area contributed by atoms with Gasteiger partial charge in [-0.2, -0.15) is 0 Å². The molecule has 1 unspecified atom stereocenters. The molecule has 108 valence electrons. The van der Waals surface area contributed by atoms with Crippen LogP contribution < -0.4 is 5.73 Å². The van der Waals surface area contributed by atoms with Gasteiger partial charge in [-0.3, -0.25) is 4.90 Å². The average molecular weight is 254 g/mol. The minimum Gasteiger partial charge on any atom is -0.329 e. The molecule has 1 saturated carbocycles. The summed E-state index contributed by atoms with van der Waals surface area (Å²) in [6, 6.07) is 1.41. The fourth-order valence-corrected chi connectivity index (χ4v) is 3.64. The number of hydrogen-bond acceptors (Lipinski definition) is 2. The summed E-state index contributed by atoms with van der Waals surface area (Å²) in [5.41, 5.74) is 6.13. The zero-order chi connectivity index (χ0) is 13.5. The molecule has 1 aliphatic rings. The second-order valence-corrected chi connectivity index (χ2v) is 6.41. The minimum absolute atomic E-state index is 0.602. The summed E-state index contributed by atoms with van der Waals surface area (Å²) in [5, 5.41) is 0. The van der Waals surface area contributed by atoms with E-state index in [1.807, 2.05) is 0 Å². The van der Waals surface area contributed by atoms with Crippen molar-refractivity contribution >= 4 is 0 Å². The van der Waals surface area contributed by atoms with Crippen LogP contribution in [0.15, 0.2) is 0 Å². The molecule has 1 aliphatic carbocycles. The topological polar surface area (TPSA) is 29.3 Å². The Hall–Kier alpha value is -0.0800. The van der Waals surface area contributed by atoms with Gasteiger partial charge < -0.3 is 5.73 Å². The normalized spacial score (nSPS) is 19.3. The molecular formula is C16H34N2. The third-order valence-electron chi connectivity index (χ3n) is 4.63. The third kappa shape index (κ3) is 4.24. The Morgan fingerprint density at radius 2 is 1.67 bits per heavy atom. The molecule has 0 heterocycles. The Morgan fingerprint density at radius 1 is 1.11 bits per heavy atom. The van der Waals surface area contributed by atoms with Gasteiger partial charge >= 0.3 is 0 Å². The average Bonchev–Trinajstić information content (AvgIpc) is 2.86. The third-order valence-corrected chi connectivity index (χ3v) is 4.63. The molecule has 2 nitrogen and oxygen atoms in total. The highest BCUT2D eigenvalue weighted by Gasteiger charge is 2.31. The van der Waals surface area contributed by atoms with Gasteiger partial charge in [0.25, 0.3) is 0 Å². The molecule has 1 fully saturated rings. The van der Waals surface area contributed by atoms with Crippen molar-refractivity contribution in [3.05, 3.63) is 0 Å². The quantitative estimate of drug-likeness (QED) is 0.716. The molecule has 0 aromatic heterocycles. The molecule has 0 spiro atoms. The van der Waals surface area contributed by atoms with E-state index in [9.17, 15) is 0 Å². The summed E-state index contributed by atoms with van der Waals surface area (Å²) in [6.07, 6.45) is 8.14. The second kappa shape index (κ2) is 8.16. The predicted molar refractivity (Wildman–Crippen MR) is 80.7 cm³/mol. The van der Waals surface area contributed by atoms with Gasteiger partial charge in [-0.1, -0.05) is 53.4 Å². The van der Waals surface area contributed by atoms with Crippen molar-refractivity contribution in [2.24, 2.45) is 17.6 Å². The fraction of sp³-hybridized carbons (Fsp3) is 1.00. The van der Waals surface area contributed by atoms with E-state index < -0.39 is 0 Å². The Labute approximate surface area is 114 Å². The van der Waals surface area contributed by atoms with Gasteiger partial charge in [-0.05, 0) is 24.7 Å². The van der Waals surface area contributed by atoms with Crippen LogP contribution in [0, 0.1) is 11.8 Å². The number of nitrogens with two attached hydrogens (primary N) is 1. The minimum atomic E-state index is 0.602. The molecule has 0 radical (unpaired) electrons. The predicted octanol–water partition coefficient (Wildman–Crippen LogP) is 3.65. The molecule has 2 N–H and O–H groups in total. The number of hydrogen-bond donors (Lipinski definition) is 1. The first kappa shape index (κ1) is 16.0. The maximum atomic E-state index is 6.13. The second-order valence-electron chi connectivity index (χ2n) is 6.41. The highest BCUT2D eigenvalue weighted by atomic mass is 15.2. The Bertz CT molecular complexity index is 205. The number of rotatable bonds is 8. The smallest absolute Gasteiger partial charge is 0.0249 e. The lowest BCUT2D eigenvalue weighted by atomic mass is 9.90. The van der Waals surface area contributed by atoms with E-state index in [1.165, 1.54) is 45.1 Å².